The van der Waals surface area contributed by atoms with Crippen molar-refractivity contribution in [2.24, 2.45) is 0 Å². The molecule has 0 bridgehead atoms. The number of likely N-dealkylation sites (tertiary alicyclic amines) is 1. The molecule has 126 valence electrons. The molecule has 0 saturated carbocycles. The predicted octanol–water partition coefficient (Wildman–Crippen LogP) is -2.34. The van der Waals surface area contributed by atoms with Gasteiger partial charge in [-0.25, -0.2) is 0 Å². The second kappa shape index (κ2) is 7.09. The second-order valence-corrected chi connectivity index (χ2v) is 9.29. The van der Waals surface area contributed by atoms with Crippen LogP contribution in [0.3, 0.4) is 0 Å². The summed E-state index contributed by atoms with van der Waals surface area (Å²) in [6.07, 6.45) is 0. The molecule has 2 N–H and O–H groups in total. The van der Waals surface area contributed by atoms with E-state index in [-0.39, 0.29) is 42.0 Å². The molecule has 1 aliphatic heterocycles. The van der Waals surface area contributed by atoms with Gasteiger partial charge in [0.1, 0.15) is 19.1 Å². The molecule has 0 aliphatic carbocycles. The average molecular weight is 374 g/mol. The topological polar surface area (TPSA) is 109 Å². The van der Waals surface area contributed by atoms with Crippen LogP contribution in [0.25, 0.3) is 0 Å². The fourth-order valence-electron chi connectivity index (χ4n) is 3.26. The Bertz CT molecular complexity index is 758. The van der Waals surface area contributed by atoms with Crippen molar-refractivity contribution in [3.05, 3.63) is 35.9 Å². The van der Waals surface area contributed by atoms with Crippen molar-refractivity contribution in [3.8, 4) is 0 Å². The van der Waals surface area contributed by atoms with Crippen molar-refractivity contribution in [1.29, 1.82) is 0 Å². The Morgan fingerprint density at radius 2 is 1.65 bits per heavy atom. The molecule has 0 aromatic heterocycles. The summed E-state index contributed by atoms with van der Waals surface area (Å²) in [7, 11) is -7.46. The largest absolute Gasteiger partial charge is 1.00 e. The molecule has 0 radical (unpaired) electrons. The first kappa shape index (κ1) is 21.0. The molecule has 0 amide bonds. The molecular weight excluding hydrogens is 353 g/mol. The van der Waals surface area contributed by atoms with Crippen LogP contribution in [0.5, 0.6) is 0 Å². The maximum absolute atomic E-state index is 11.6. The van der Waals surface area contributed by atoms with Crippen molar-refractivity contribution in [2.75, 3.05) is 13.6 Å². The number of hydrogen-bond acceptors (Lipinski definition) is 4. The SMILES string of the molecule is CC1C(S(=O)(=O)O)C(S(=O)(=O)O)C[N+]1(C)Cc1ccccc1.[H-].[Na+]. The fourth-order valence-corrected chi connectivity index (χ4v) is 6.46. The van der Waals surface area contributed by atoms with Crippen LogP contribution in [0.4, 0.5) is 0 Å². The monoisotopic (exact) mass is 374 g/mol. The van der Waals surface area contributed by atoms with Gasteiger partial charge in [-0.1, -0.05) is 30.3 Å². The summed E-state index contributed by atoms with van der Waals surface area (Å²) in [5, 5.41) is -3.08. The van der Waals surface area contributed by atoms with Crippen LogP contribution in [0.15, 0.2) is 30.3 Å². The van der Waals surface area contributed by atoms with E-state index in [2.05, 4.69) is 0 Å². The minimum absolute atomic E-state index is 0. The van der Waals surface area contributed by atoms with Gasteiger partial charge in [-0.15, -0.1) is 0 Å². The first-order valence-electron chi connectivity index (χ1n) is 6.76. The maximum Gasteiger partial charge on any atom is 1.00 e. The summed E-state index contributed by atoms with van der Waals surface area (Å²) in [4.78, 5) is 0. The molecule has 2 rings (SSSR count). The standard InChI is InChI=1S/C13H19NO6S2.Na.H/c1-10-13(22(18,19)20)12(21(15,16)17)9-14(10,2)8-11-6-4-3-5-7-11;;/h3-7,10,12-13H,8-9H2,1-2H3,(H-,15,16,17,18,19,20);;/q;+1;-1/p+1. The zero-order valence-corrected chi connectivity index (χ0v) is 17.0. The molecule has 1 heterocycles. The minimum atomic E-state index is -4.60. The number of nitrogens with zero attached hydrogens (tertiary/aromatic N) is 1. The van der Waals surface area contributed by atoms with Gasteiger partial charge in [0.15, 0.2) is 10.5 Å². The third-order valence-electron chi connectivity index (χ3n) is 4.54. The van der Waals surface area contributed by atoms with E-state index in [9.17, 15) is 25.9 Å². The summed E-state index contributed by atoms with van der Waals surface area (Å²) in [5.41, 5.74) is 0.918. The Labute approximate surface area is 160 Å². The van der Waals surface area contributed by atoms with Crippen LogP contribution in [-0.2, 0) is 26.8 Å². The molecule has 4 atom stereocenters. The van der Waals surface area contributed by atoms with Crippen molar-refractivity contribution in [3.63, 3.8) is 0 Å². The van der Waals surface area contributed by atoms with Crippen LogP contribution in [-0.4, -0.2) is 60.6 Å². The van der Waals surface area contributed by atoms with Crippen molar-refractivity contribution >= 4 is 20.2 Å². The second-order valence-electron chi connectivity index (χ2n) is 6.08. The zero-order valence-electron chi connectivity index (χ0n) is 14.3. The van der Waals surface area contributed by atoms with Gasteiger partial charge in [0.2, 0.25) is 0 Å². The summed E-state index contributed by atoms with van der Waals surface area (Å²) >= 11 is 0. The van der Waals surface area contributed by atoms with Crippen LogP contribution < -0.4 is 29.6 Å². The van der Waals surface area contributed by atoms with E-state index >= 15 is 0 Å². The van der Waals surface area contributed by atoms with E-state index in [1.165, 1.54) is 0 Å². The Balaban J connectivity index is 0.00000264. The Morgan fingerprint density at radius 3 is 2.04 bits per heavy atom. The van der Waals surface area contributed by atoms with E-state index in [1.54, 1.807) is 14.0 Å². The smallest absolute Gasteiger partial charge is 1.00 e. The van der Waals surface area contributed by atoms with Gasteiger partial charge in [0.05, 0.1) is 7.05 Å². The molecule has 1 aromatic carbocycles. The van der Waals surface area contributed by atoms with Crippen molar-refractivity contribution in [2.45, 2.75) is 30.0 Å². The molecule has 7 nitrogen and oxygen atoms in total. The number of quaternary nitrogens is 1. The van der Waals surface area contributed by atoms with E-state index in [0.29, 0.717) is 6.54 Å². The molecule has 1 aromatic rings. The van der Waals surface area contributed by atoms with Gasteiger partial charge in [-0.3, -0.25) is 9.11 Å². The van der Waals surface area contributed by atoms with Gasteiger partial charge in [-0.05, 0) is 6.92 Å². The fraction of sp³-hybridized carbons (Fsp3) is 0.538. The zero-order chi connectivity index (χ0) is 16.8. The molecule has 0 spiro atoms. The van der Waals surface area contributed by atoms with Gasteiger partial charge in [0.25, 0.3) is 20.2 Å². The van der Waals surface area contributed by atoms with E-state index < -0.39 is 36.8 Å². The molecule has 1 aliphatic rings. The summed E-state index contributed by atoms with van der Waals surface area (Å²) in [6, 6.07) is 8.56. The Kier molecular flexibility index (Phi) is 6.48. The van der Waals surface area contributed by atoms with Crippen molar-refractivity contribution in [1.82, 2.24) is 0 Å². The molecule has 1 fully saturated rings. The third kappa shape index (κ3) is 4.55. The molecule has 23 heavy (non-hydrogen) atoms. The van der Waals surface area contributed by atoms with Crippen LogP contribution >= 0.6 is 0 Å². The quantitative estimate of drug-likeness (QED) is 0.348. The number of hydrogen-bond donors (Lipinski definition) is 2. The van der Waals surface area contributed by atoms with Gasteiger partial charge >= 0.3 is 29.6 Å². The van der Waals surface area contributed by atoms with E-state index in [4.69, 9.17) is 0 Å². The van der Waals surface area contributed by atoms with E-state index in [1.807, 2.05) is 30.3 Å². The molecular formula is C13H21NNaO6S2+. The molecule has 10 heteroatoms. The van der Waals surface area contributed by atoms with Gasteiger partial charge < -0.3 is 5.91 Å². The maximum atomic E-state index is 11.6. The van der Waals surface area contributed by atoms with Crippen LogP contribution in [0.2, 0.25) is 0 Å². The number of benzene rings is 1. The first-order valence-corrected chi connectivity index (χ1v) is 9.76. The Morgan fingerprint density at radius 1 is 1.13 bits per heavy atom. The third-order valence-corrected chi connectivity index (χ3v) is 7.33. The molecule has 4 unspecified atom stereocenters. The number of rotatable bonds is 4. The van der Waals surface area contributed by atoms with Crippen LogP contribution in [0, 0.1) is 0 Å². The predicted molar refractivity (Wildman–Crippen MR) is 82.4 cm³/mol. The van der Waals surface area contributed by atoms with Gasteiger partial charge in [-0.2, -0.15) is 16.8 Å². The van der Waals surface area contributed by atoms with Gasteiger partial charge in [0, 0.05) is 5.56 Å². The summed E-state index contributed by atoms with van der Waals surface area (Å²) in [5.74, 6) is 0. The van der Waals surface area contributed by atoms with E-state index in [0.717, 1.165) is 5.56 Å². The summed E-state index contributed by atoms with van der Waals surface area (Å²) < 4.78 is 65.2. The Hall–Kier alpha value is 0. The first-order chi connectivity index (χ1) is 9.95. The summed E-state index contributed by atoms with van der Waals surface area (Å²) in [6.45, 7) is 1.89. The molecule has 1 saturated heterocycles. The minimum Gasteiger partial charge on any atom is -1.00 e. The van der Waals surface area contributed by atoms with Crippen LogP contribution in [0.1, 0.15) is 13.9 Å². The van der Waals surface area contributed by atoms with Crippen molar-refractivity contribution < 1.29 is 61.4 Å². The average Bonchev–Trinajstić information content (AvgIpc) is 2.62. The normalized spacial score (nSPS) is 31.6.